The Morgan fingerprint density at radius 3 is 2.54 bits per heavy atom. The van der Waals surface area contributed by atoms with Gasteiger partial charge in [0.25, 0.3) is 0 Å². The van der Waals surface area contributed by atoms with E-state index in [1.165, 1.54) is 6.08 Å². The Labute approximate surface area is 83.0 Å². The topological polar surface area (TPSA) is 37.3 Å². The van der Waals surface area contributed by atoms with E-state index in [0.717, 1.165) is 5.57 Å². The molecular weight excluding hydrogens is 184 g/mol. The van der Waals surface area contributed by atoms with Gasteiger partial charge in [-0.3, -0.25) is 0 Å². The largest absolute Gasteiger partial charge is 0.478 e. The van der Waals surface area contributed by atoms with Crippen LogP contribution in [0.2, 0.25) is 0 Å². The van der Waals surface area contributed by atoms with E-state index in [9.17, 15) is 4.79 Å². The molecule has 0 heterocycles. The van der Waals surface area contributed by atoms with E-state index in [-0.39, 0.29) is 5.57 Å². The Hall–Kier alpha value is -0.960. The number of carboxylic acids is 1. The van der Waals surface area contributed by atoms with Crippen LogP contribution < -0.4 is 0 Å². The van der Waals surface area contributed by atoms with Crippen molar-refractivity contribution in [3.63, 3.8) is 0 Å². The minimum Gasteiger partial charge on any atom is -0.478 e. The highest BCUT2D eigenvalue weighted by Crippen LogP contribution is 2.13. The molecule has 0 saturated carbocycles. The highest BCUT2D eigenvalue weighted by Gasteiger charge is 2.07. The van der Waals surface area contributed by atoms with E-state index in [1.807, 2.05) is 25.3 Å². The third kappa shape index (κ3) is 3.99. The lowest BCUT2D eigenvalue weighted by Gasteiger charge is -2.02. The quantitative estimate of drug-likeness (QED) is 0.544. The van der Waals surface area contributed by atoms with Crippen molar-refractivity contribution in [3.8, 4) is 0 Å². The third-order valence-electron chi connectivity index (χ3n) is 1.45. The van der Waals surface area contributed by atoms with E-state index < -0.39 is 5.97 Å². The Balaban J connectivity index is 4.99. The average Bonchev–Trinajstić information content (AvgIpc) is 2.05. The summed E-state index contributed by atoms with van der Waals surface area (Å²) in [5, 5.41) is 8.82. The number of rotatable bonds is 5. The van der Waals surface area contributed by atoms with Crippen molar-refractivity contribution in [1.82, 2.24) is 0 Å². The molecule has 0 unspecified atom stereocenters. The molecule has 0 atom stereocenters. The smallest absolute Gasteiger partial charge is 0.335 e. The van der Waals surface area contributed by atoms with Gasteiger partial charge >= 0.3 is 5.97 Å². The molecule has 0 rings (SSSR count). The lowest BCUT2D eigenvalue weighted by molar-refractivity contribution is -0.132. The molecule has 0 aromatic heterocycles. The van der Waals surface area contributed by atoms with Gasteiger partial charge in [-0.15, -0.1) is 0 Å². The summed E-state index contributed by atoms with van der Waals surface area (Å²) in [5.74, 6) is -0.227. The zero-order chi connectivity index (χ0) is 10.3. The summed E-state index contributed by atoms with van der Waals surface area (Å²) >= 11 is 1.59. The van der Waals surface area contributed by atoms with Crippen LogP contribution in [0.15, 0.2) is 36.0 Å². The summed E-state index contributed by atoms with van der Waals surface area (Å²) in [6, 6.07) is 0. The van der Waals surface area contributed by atoms with Crippen LogP contribution in [0, 0.1) is 0 Å². The number of hydrogen-bond donors (Lipinski definition) is 1. The summed E-state index contributed by atoms with van der Waals surface area (Å²) in [7, 11) is 0. The van der Waals surface area contributed by atoms with Crippen LogP contribution in [0.1, 0.15) is 6.92 Å². The lowest BCUT2D eigenvalue weighted by atomic mass is 10.1. The second kappa shape index (κ2) is 6.54. The van der Waals surface area contributed by atoms with Gasteiger partial charge in [-0.1, -0.05) is 24.8 Å². The van der Waals surface area contributed by atoms with Crippen molar-refractivity contribution in [2.24, 2.45) is 0 Å². The van der Waals surface area contributed by atoms with Gasteiger partial charge in [0.2, 0.25) is 0 Å². The van der Waals surface area contributed by atoms with Crippen LogP contribution in [0.4, 0.5) is 0 Å². The molecule has 0 aromatic carbocycles. The molecule has 2 nitrogen and oxygen atoms in total. The highest BCUT2D eigenvalue weighted by molar-refractivity contribution is 7.98. The van der Waals surface area contributed by atoms with Crippen molar-refractivity contribution in [2.45, 2.75) is 6.92 Å². The summed E-state index contributed by atoms with van der Waals surface area (Å²) < 4.78 is 0. The Bertz CT molecular complexity index is 252. The Morgan fingerprint density at radius 1 is 1.62 bits per heavy atom. The van der Waals surface area contributed by atoms with Crippen molar-refractivity contribution in [3.05, 3.63) is 36.0 Å². The SMILES string of the molecule is C=C/C(C(=O)O)=C(\C=C/C)CSC. The van der Waals surface area contributed by atoms with E-state index in [2.05, 4.69) is 6.58 Å². The monoisotopic (exact) mass is 198 g/mol. The number of hydrogen-bond acceptors (Lipinski definition) is 2. The standard InChI is InChI=1S/C10H14O2S/c1-4-6-8(7-13-3)9(5-2)10(11)12/h4-6H,2,7H2,1,3H3,(H,11,12)/b6-4-,9-8-. The first-order valence-electron chi connectivity index (χ1n) is 3.87. The maximum absolute atomic E-state index is 10.7. The van der Waals surface area contributed by atoms with Gasteiger partial charge in [0.1, 0.15) is 0 Å². The van der Waals surface area contributed by atoms with Crippen molar-refractivity contribution in [2.75, 3.05) is 12.0 Å². The van der Waals surface area contributed by atoms with Crippen molar-refractivity contribution >= 4 is 17.7 Å². The molecule has 0 aliphatic heterocycles. The van der Waals surface area contributed by atoms with E-state index in [1.54, 1.807) is 11.8 Å². The van der Waals surface area contributed by atoms with Crippen LogP contribution in [0.25, 0.3) is 0 Å². The molecular formula is C10H14O2S. The van der Waals surface area contributed by atoms with Gasteiger partial charge in [0, 0.05) is 5.75 Å². The van der Waals surface area contributed by atoms with E-state index in [4.69, 9.17) is 5.11 Å². The predicted octanol–water partition coefficient (Wildman–Crippen LogP) is 2.49. The number of carbonyl (C=O) groups is 1. The predicted molar refractivity (Wildman–Crippen MR) is 58.1 cm³/mol. The molecule has 0 fully saturated rings. The zero-order valence-corrected chi connectivity index (χ0v) is 8.73. The van der Waals surface area contributed by atoms with Gasteiger partial charge in [-0.25, -0.2) is 4.79 Å². The van der Waals surface area contributed by atoms with Crippen LogP contribution in [0.3, 0.4) is 0 Å². The van der Waals surface area contributed by atoms with E-state index in [0.29, 0.717) is 5.75 Å². The van der Waals surface area contributed by atoms with Gasteiger partial charge in [-0.05, 0) is 18.8 Å². The number of carboxylic acid groups (broad SMARTS) is 1. The molecule has 0 bridgehead atoms. The molecule has 0 spiro atoms. The number of aliphatic carboxylic acids is 1. The number of allylic oxidation sites excluding steroid dienone is 2. The minimum atomic E-state index is -0.919. The molecule has 0 radical (unpaired) electrons. The van der Waals surface area contributed by atoms with Gasteiger partial charge in [0.05, 0.1) is 5.57 Å². The average molecular weight is 198 g/mol. The molecule has 3 heteroatoms. The first kappa shape index (κ1) is 12.0. The molecule has 0 saturated heterocycles. The molecule has 0 amide bonds. The van der Waals surface area contributed by atoms with Gasteiger partial charge in [-0.2, -0.15) is 11.8 Å². The zero-order valence-electron chi connectivity index (χ0n) is 7.91. The van der Waals surface area contributed by atoms with Crippen molar-refractivity contribution in [1.29, 1.82) is 0 Å². The summed E-state index contributed by atoms with van der Waals surface area (Å²) in [4.78, 5) is 10.7. The molecule has 1 N–H and O–H groups in total. The maximum Gasteiger partial charge on any atom is 0.335 e. The lowest BCUT2D eigenvalue weighted by Crippen LogP contribution is -2.02. The summed E-state index contributed by atoms with van der Waals surface area (Å²) in [6.07, 6.45) is 6.96. The summed E-state index contributed by atoms with van der Waals surface area (Å²) in [6.45, 7) is 5.35. The first-order chi connectivity index (χ1) is 6.17. The second-order valence-electron chi connectivity index (χ2n) is 2.38. The van der Waals surface area contributed by atoms with Crippen molar-refractivity contribution < 1.29 is 9.90 Å². The van der Waals surface area contributed by atoms with Crippen LogP contribution in [0.5, 0.6) is 0 Å². The Kier molecular flexibility index (Phi) is 6.06. The molecule has 0 aliphatic rings. The third-order valence-corrected chi connectivity index (χ3v) is 2.05. The fourth-order valence-electron chi connectivity index (χ4n) is 0.928. The molecule has 72 valence electrons. The molecule has 0 aliphatic carbocycles. The van der Waals surface area contributed by atoms with Crippen LogP contribution in [-0.2, 0) is 4.79 Å². The van der Waals surface area contributed by atoms with Crippen LogP contribution >= 0.6 is 11.8 Å². The van der Waals surface area contributed by atoms with Gasteiger partial charge in [0.15, 0.2) is 0 Å². The fourth-order valence-corrected chi connectivity index (χ4v) is 1.49. The molecule has 13 heavy (non-hydrogen) atoms. The first-order valence-corrected chi connectivity index (χ1v) is 5.27. The van der Waals surface area contributed by atoms with Crippen LogP contribution in [-0.4, -0.2) is 23.1 Å². The highest BCUT2D eigenvalue weighted by atomic mass is 32.2. The maximum atomic E-state index is 10.7. The van der Waals surface area contributed by atoms with Gasteiger partial charge < -0.3 is 5.11 Å². The number of thioether (sulfide) groups is 1. The second-order valence-corrected chi connectivity index (χ2v) is 3.25. The molecule has 0 aromatic rings. The summed E-state index contributed by atoms with van der Waals surface area (Å²) in [5.41, 5.74) is 1.09. The van der Waals surface area contributed by atoms with E-state index >= 15 is 0 Å². The fraction of sp³-hybridized carbons (Fsp3) is 0.300. The normalized spacial score (nSPS) is 12.8. The Morgan fingerprint density at radius 2 is 2.23 bits per heavy atom. The minimum absolute atomic E-state index is 0.285.